The molecule has 0 aliphatic carbocycles. The van der Waals surface area contributed by atoms with Gasteiger partial charge in [-0.1, -0.05) is 0 Å². The summed E-state index contributed by atoms with van der Waals surface area (Å²) in [6.07, 6.45) is 1.78. The first-order valence-electron chi connectivity index (χ1n) is 2.35. The second-order valence-electron chi connectivity index (χ2n) is 1.27. The van der Waals surface area contributed by atoms with Crippen LogP contribution < -0.4 is 0 Å². The highest BCUT2D eigenvalue weighted by Gasteiger charge is 1.86. The average molecular weight is 111 g/mol. The summed E-state index contributed by atoms with van der Waals surface area (Å²) in [5, 5.41) is 18.4. The molecule has 42 valence electrons. The highest BCUT2D eigenvalue weighted by Crippen LogP contribution is 1.90. The van der Waals surface area contributed by atoms with Gasteiger partial charge in [-0.25, -0.2) is 0 Å². The Morgan fingerprint density at radius 1 is 1.50 bits per heavy atom. The molecular formula is C5H7N2O+. The Balaban J connectivity index is 2.93. The van der Waals surface area contributed by atoms with Gasteiger partial charge in [0.1, 0.15) is 0 Å². The lowest BCUT2D eigenvalue weighted by Gasteiger charge is -1.72. The molecule has 0 radical (unpaired) electrons. The van der Waals surface area contributed by atoms with Crippen LogP contribution in [0.3, 0.4) is 0 Å². The Morgan fingerprint density at radius 3 is 2.75 bits per heavy atom. The lowest BCUT2D eigenvalue weighted by Crippen LogP contribution is -1.66. The van der Waals surface area contributed by atoms with Crippen LogP contribution in [-0.4, -0.2) is 5.21 Å². The van der Waals surface area contributed by atoms with Crippen molar-refractivity contribution in [1.29, 1.82) is 5.26 Å². The number of rotatable bonds is 2. The van der Waals surface area contributed by atoms with Crippen LogP contribution in [0.2, 0.25) is 0 Å². The molecule has 0 aromatic carbocycles. The molecule has 0 spiro atoms. The van der Waals surface area contributed by atoms with E-state index >= 15 is 0 Å². The summed E-state index contributed by atoms with van der Waals surface area (Å²) < 4.78 is 0. The molecule has 0 aliphatic rings. The number of nitrogens with zero attached hydrogens (tertiary/aromatic N) is 2. The van der Waals surface area contributed by atoms with Crippen LogP contribution in [0.25, 0.3) is 5.01 Å². The number of hydrogen-bond donors (Lipinski definition) is 1. The van der Waals surface area contributed by atoms with Crippen LogP contribution in [0.5, 0.6) is 0 Å². The lowest BCUT2D eigenvalue weighted by atomic mass is 10.3. The smallest absolute Gasteiger partial charge is 0.198 e. The predicted molar refractivity (Wildman–Crippen MR) is 28.5 cm³/mol. The van der Waals surface area contributed by atoms with E-state index in [1.54, 1.807) is 0 Å². The maximum Gasteiger partial charge on any atom is 0.349 e. The summed E-state index contributed by atoms with van der Waals surface area (Å²) in [5.74, 6) is 0. The molecular weight excluding hydrogens is 104 g/mol. The van der Waals surface area contributed by atoms with E-state index in [1.165, 1.54) is 0 Å². The van der Waals surface area contributed by atoms with Crippen LogP contribution in [0, 0.1) is 17.4 Å². The molecule has 3 heteroatoms. The fraction of sp³-hybridized carbons (Fsp3) is 0.600. The van der Waals surface area contributed by atoms with Gasteiger partial charge in [-0.15, -0.1) is 0 Å². The van der Waals surface area contributed by atoms with Gasteiger partial charge in [0, 0.05) is 6.42 Å². The zero-order valence-corrected chi connectivity index (χ0v) is 4.46. The molecule has 0 fully saturated rings. The largest absolute Gasteiger partial charge is 0.349 e. The van der Waals surface area contributed by atoms with Gasteiger partial charge in [0.15, 0.2) is 0 Å². The molecule has 0 aromatic heterocycles. The van der Waals surface area contributed by atoms with Crippen LogP contribution in [0.1, 0.15) is 19.3 Å². The van der Waals surface area contributed by atoms with Crippen molar-refractivity contribution >= 4 is 0 Å². The quantitative estimate of drug-likeness (QED) is 0.432. The summed E-state index contributed by atoms with van der Waals surface area (Å²) in [7, 11) is 0. The number of nitriles is 1. The molecule has 0 unspecified atom stereocenters. The Kier molecular flexibility index (Phi) is 4.90. The minimum atomic E-state index is 0.502. The molecule has 0 saturated carbocycles. The van der Waals surface area contributed by atoms with E-state index in [4.69, 9.17) is 10.5 Å². The zero-order valence-electron chi connectivity index (χ0n) is 4.46. The third-order valence-electron chi connectivity index (χ3n) is 0.648. The molecule has 3 nitrogen and oxygen atoms in total. The highest BCUT2D eigenvalue weighted by molar-refractivity contribution is 4.81. The molecule has 0 atom stereocenters. The van der Waals surface area contributed by atoms with Gasteiger partial charge in [0.2, 0.25) is 5.01 Å². The third-order valence-corrected chi connectivity index (χ3v) is 0.648. The van der Waals surface area contributed by atoms with Crippen LogP contribution in [0.15, 0.2) is 0 Å². The van der Waals surface area contributed by atoms with Crippen molar-refractivity contribution in [3.05, 3.63) is 5.01 Å². The Bertz CT molecular complexity index is 137. The molecule has 1 N–H and O–H groups in total. The maximum atomic E-state index is 7.99. The minimum absolute atomic E-state index is 0.502. The van der Waals surface area contributed by atoms with Crippen molar-refractivity contribution in [1.82, 2.24) is 0 Å². The summed E-state index contributed by atoms with van der Waals surface area (Å²) in [6, 6.07) is 4.28. The Hall–Kier alpha value is -1.22. The van der Waals surface area contributed by atoms with E-state index in [9.17, 15) is 0 Å². The summed E-state index contributed by atoms with van der Waals surface area (Å²) >= 11 is 0. The van der Waals surface area contributed by atoms with Gasteiger partial charge < -0.3 is 0 Å². The summed E-state index contributed by atoms with van der Waals surface area (Å²) in [5.41, 5.74) is 0. The monoisotopic (exact) mass is 111 g/mol. The summed E-state index contributed by atoms with van der Waals surface area (Å²) in [6.45, 7) is 0. The predicted octanol–water partition coefficient (Wildman–Crippen LogP) is 1.40. The van der Waals surface area contributed by atoms with Gasteiger partial charge in [-0.2, -0.15) is 10.5 Å². The van der Waals surface area contributed by atoms with Crippen molar-refractivity contribution in [2.75, 3.05) is 0 Å². The molecule has 0 rings (SSSR count). The number of hydrogen-bond acceptors (Lipinski definition) is 2. The van der Waals surface area contributed by atoms with Crippen LogP contribution in [0.4, 0.5) is 0 Å². The van der Waals surface area contributed by atoms with Crippen molar-refractivity contribution in [3.63, 3.8) is 0 Å². The van der Waals surface area contributed by atoms with Crippen LogP contribution in [-0.2, 0) is 0 Å². The van der Waals surface area contributed by atoms with Crippen molar-refractivity contribution in [3.8, 4) is 12.1 Å². The number of unbranched alkanes of at least 4 members (excludes halogenated alkanes) is 2. The lowest BCUT2D eigenvalue weighted by molar-refractivity contribution is 0.463. The van der Waals surface area contributed by atoms with E-state index in [1.807, 2.05) is 6.07 Å². The van der Waals surface area contributed by atoms with E-state index < -0.39 is 0 Å². The maximum absolute atomic E-state index is 7.99. The van der Waals surface area contributed by atoms with E-state index in [0.717, 1.165) is 6.42 Å². The normalized spacial score (nSPS) is 6.38. The topological polar surface area (TPSA) is 48.4 Å². The second-order valence-corrected chi connectivity index (χ2v) is 1.27. The van der Waals surface area contributed by atoms with Gasteiger partial charge in [-0.3, -0.25) is 0 Å². The first-order valence-corrected chi connectivity index (χ1v) is 2.35. The molecule has 0 bridgehead atoms. The van der Waals surface area contributed by atoms with Crippen molar-refractivity contribution in [2.45, 2.75) is 19.3 Å². The minimum Gasteiger partial charge on any atom is -0.198 e. The molecule has 0 heterocycles. The third kappa shape index (κ3) is 4.78. The van der Waals surface area contributed by atoms with Gasteiger partial charge >= 0.3 is 6.07 Å². The average Bonchev–Trinajstić information content (AvgIpc) is 1.81. The van der Waals surface area contributed by atoms with E-state index in [-0.39, 0.29) is 0 Å². The standard InChI is InChI=1S/C5H6N2O/c6-4-2-1-3-5-7-8/h1-3H2/p+1. The van der Waals surface area contributed by atoms with Crippen molar-refractivity contribution < 1.29 is 5.21 Å². The zero-order chi connectivity index (χ0) is 6.24. The Morgan fingerprint density at radius 2 is 2.25 bits per heavy atom. The van der Waals surface area contributed by atoms with E-state index in [2.05, 4.69) is 11.1 Å². The first kappa shape index (κ1) is 6.78. The highest BCUT2D eigenvalue weighted by atomic mass is 16.4. The SMILES string of the molecule is N#CCCCC#[N+]O. The second kappa shape index (κ2) is 5.78. The summed E-state index contributed by atoms with van der Waals surface area (Å²) in [4.78, 5) is 0. The molecule has 0 saturated heterocycles. The van der Waals surface area contributed by atoms with Crippen LogP contribution >= 0.6 is 0 Å². The molecule has 0 amide bonds. The van der Waals surface area contributed by atoms with E-state index in [0.29, 0.717) is 12.8 Å². The first-order chi connectivity index (χ1) is 3.91. The van der Waals surface area contributed by atoms with Gasteiger partial charge in [-0.05, 0) is 6.42 Å². The molecule has 8 heavy (non-hydrogen) atoms. The molecule has 0 aliphatic heterocycles. The van der Waals surface area contributed by atoms with Crippen molar-refractivity contribution in [2.24, 2.45) is 0 Å². The van der Waals surface area contributed by atoms with Gasteiger partial charge in [0.25, 0.3) is 0 Å². The fourth-order valence-corrected chi connectivity index (χ4v) is 0.297. The molecule has 0 aromatic rings. The Labute approximate surface area is 47.9 Å². The van der Waals surface area contributed by atoms with Gasteiger partial charge in [0.05, 0.1) is 12.5 Å². The fourth-order valence-electron chi connectivity index (χ4n) is 0.297.